The second-order valence-corrected chi connectivity index (χ2v) is 11.9. The maximum atomic E-state index is 2.48. The van der Waals surface area contributed by atoms with Crippen molar-refractivity contribution in [2.75, 3.05) is 0 Å². The van der Waals surface area contributed by atoms with E-state index in [0.29, 0.717) is 0 Å². The molecule has 1 rings (SSSR count). The molecule has 0 atom stereocenters. The van der Waals surface area contributed by atoms with E-state index in [-0.39, 0.29) is 0 Å². The van der Waals surface area contributed by atoms with Gasteiger partial charge in [0, 0.05) is 0 Å². The summed E-state index contributed by atoms with van der Waals surface area (Å²) >= 11 is 2.48. The van der Waals surface area contributed by atoms with E-state index in [1.165, 1.54) is 14.3 Å². The maximum Gasteiger partial charge on any atom is 0.0854 e. The SMILES string of the molecule is Cc1ccc(/C=C(\I)[Si](C)(C)C)cc1. The first-order valence-electron chi connectivity index (χ1n) is 4.84. The smallest absolute Gasteiger partial charge is 0.0652 e. The Hall–Kier alpha value is -0.0931. The third-order valence-corrected chi connectivity index (χ3v) is 8.83. The minimum absolute atomic E-state index is 1.11. The van der Waals surface area contributed by atoms with Crippen molar-refractivity contribution < 1.29 is 0 Å². The molecule has 0 saturated heterocycles. The highest BCUT2D eigenvalue weighted by molar-refractivity contribution is 14.1. The van der Waals surface area contributed by atoms with Gasteiger partial charge in [-0.1, -0.05) is 72.1 Å². The minimum Gasteiger partial charge on any atom is -0.0652 e. The lowest BCUT2D eigenvalue weighted by atomic mass is 10.1. The molecule has 0 saturated carbocycles. The second kappa shape index (κ2) is 4.62. The predicted molar refractivity (Wildman–Crippen MR) is 76.5 cm³/mol. The van der Waals surface area contributed by atoms with Crippen molar-refractivity contribution in [2.45, 2.75) is 26.6 Å². The summed E-state index contributed by atoms with van der Waals surface area (Å²) in [5.41, 5.74) is 2.65. The number of halogens is 1. The molecule has 1 aromatic carbocycles. The van der Waals surface area contributed by atoms with Gasteiger partial charge < -0.3 is 0 Å². The molecule has 0 heterocycles. The van der Waals surface area contributed by atoms with Gasteiger partial charge in [-0.3, -0.25) is 0 Å². The van der Waals surface area contributed by atoms with E-state index in [1.54, 1.807) is 0 Å². The molecule has 2 heteroatoms. The number of hydrogen-bond acceptors (Lipinski definition) is 0. The van der Waals surface area contributed by atoms with Crippen LogP contribution in [0.2, 0.25) is 19.6 Å². The zero-order valence-electron chi connectivity index (χ0n) is 9.26. The zero-order chi connectivity index (χ0) is 10.8. The van der Waals surface area contributed by atoms with Gasteiger partial charge in [-0.05, 0) is 21.8 Å². The van der Waals surface area contributed by atoms with Crippen molar-refractivity contribution in [3.63, 3.8) is 0 Å². The molecule has 0 fully saturated rings. The van der Waals surface area contributed by atoms with Crippen molar-refractivity contribution in [1.29, 1.82) is 0 Å². The fraction of sp³-hybridized carbons (Fsp3) is 0.333. The lowest BCUT2D eigenvalue weighted by Gasteiger charge is -2.15. The molecule has 14 heavy (non-hydrogen) atoms. The fourth-order valence-corrected chi connectivity index (χ4v) is 1.98. The molecule has 0 aromatic heterocycles. The predicted octanol–water partition coefficient (Wildman–Crippen LogP) is 4.65. The fourth-order valence-electron chi connectivity index (χ4n) is 1.03. The van der Waals surface area contributed by atoms with Crippen LogP contribution in [0.15, 0.2) is 27.5 Å². The number of rotatable bonds is 2. The normalized spacial score (nSPS) is 13.1. The Bertz CT molecular complexity index is 330. The molecule has 0 amide bonds. The average molecular weight is 316 g/mol. The quantitative estimate of drug-likeness (QED) is 0.550. The van der Waals surface area contributed by atoms with Gasteiger partial charge in [0.15, 0.2) is 0 Å². The highest BCUT2D eigenvalue weighted by Gasteiger charge is 2.16. The minimum atomic E-state index is -1.11. The Balaban J connectivity index is 2.93. The molecular weight excluding hydrogens is 299 g/mol. The Morgan fingerprint density at radius 3 is 2.07 bits per heavy atom. The van der Waals surface area contributed by atoms with Gasteiger partial charge in [-0.25, -0.2) is 0 Å². The molecule has 0 radical (unpaired) electrons. The first kappa shape index (κ1) is 12.0. The van der Waals surface area contributed by atoms with Crippen LogP contribution in [-0.4, -0.2) is 8.07 Å². The van der Waals surface area contributed by atoms with E-state index in [0.717, 1.165) is 0 Å². The van der Waals surface area contributed by atoms with Gasteiger partial charge >= 0.3 is 0 Å². The van der Waals surface area contributed by atoms with Gasteiger partial charge in [0.05, 0.1) is 8.07 Å². The molecule has 0 bridgehead atoms. The van der Waals surface area contributed by atoms with Crippen molar-refractivity contribution >= 4 is 36.7 Å². The summed E-state index contributed by atoms with van der Waals surface area (Å²) in [5.74, 6) is 0. The first-order valence-corrected chi connectivity index (χ1v) is 9.42. The van der Waals surface area contributed by atoms with Crippen LogP contribution in [0.25, 0.3) is 6.08 Å². The molecule has 0 N–H and O–H groups in total. The number of hydrogen-bond donors (Lipinski definition) is 0. The van der Waals surface area contributed by atoms with E-state index in [4.69, 9.17) is 0 Å². The molecule has 0 aliphatic heterocycles. The molecule has 0 spiro atoms. The maximum absolute atomic E-state index is 2.48. The largest absolute Gasteiger partial charge is 0.0854 e. The van der Waals surface area contributed by atoms with Crippen LogP contribution in [0, 0.1) is 6.92 Å². The van der Waals surface area contributed by atoms with Crippen molar-refractivity contribution in [3.8, 4) is 0 Å². The van der Waals surface area contributed by atoms with E-state index in [1.807, 2.05) is 0 Å². The van der Waals surface area contributed by atoms with Crippen LogP contribution in [0.1, 0.15) is 11.1 Å². The molecule has 0 aliphatic carbocycles. The molecule has 0 aliphatic rings. The summed E-state index contributed by atoms with van der Waals surface area (Å²) in [6, 6.07) is 8.71. The Morgan fingerprint density at radius 2 is 1.64 bits per heavy atom. The van der Waals surface area contributed by atoms with Gasteiger partial charge in [-0.15, -0.1) is 0 Å². The Kier molecular flexibility index (Phi) is 3.95. The number of aryl methyl sites for hydroxylation is 1. The third kappa shape index (κ3) is 3.57. The van der Waals surface area contributed by atoms with Crippen LogP contribution in [-0.2, 0) is 0 Å². The van der Waals surface area contributed by atoms with E-state index < -0.39 is 8.07 Å². The lowest BCUT2D eigenvalue weighted by Crippen LogP contribution is -2.19. The van der Waals surface area contributed by atoms with E-state index in [9.17, 15) is 0 Å². The van der Waals surface area contributed by atoms with Gasteiger partial charge in [0.2, 0.25) is 0 Å². The van der Waals surface area contributed by atoms with Crippen LogP contribution in [0.4, 0.5) is 0 Å². The Morgan fingerprint density at radius 1 is 1.14 bits per heavy atom. The third-order valence-electron chi connectivity index (χ3n) is 2.09. The van der Waals surface area contributed by atoms with Gasteiger partial charge in [0.25, 0.3) is 0 Å². The summed E-state index contributed by atoms with van der Waals surface area (Å²) in [6.07, 6.45) is 2.31. The monoisotopic (exact) mass is 316 g/mol. The van der Waals surface area contributed by atoms with Crippen LogP contribution in [0.3, 0.4) is 0 Å². The molecule has 0 unspecified atom stereocenters. The van der Waals surface area contributed by atoms with Crippen LogP contribution >= 0.6 is 22.6 Å². The summed E-state index contributed by atoms with van der Waals surface area (Å²) in [5, 5.41) is 0. The lowest BCUT2D eigenvalue weighted by molar-refractivity contribution is 1.46. The summed E-state index contributed by atoms with van der Waals surface area (Å²) in [6.45, 7) is 9.25. The topological polar surface area (TPSA) is 0 Å². The molecule has 1 aromatic rings. The Labute approximate surface area is 102 Å². The van der Waals surface area contributed by atoms with Crippen molar-refractivity contribution in [3.05, 3.63) is 38.6 Å². The molecular formula is C12H17ISi. The second-order valence-electron chi connectivity index (χ2n) is 4.65. The highest BCUT2D eigenvalue weighted by Crippen LogP contribution is 2.24. The van der Waals surface area contributed by atoms with Gasteiger partial charge in [-0.2, -0.15) is 0 Å². The molecule has 0 nitrogen and oxygen atoms in total. The van der Waals surface area contributed by atoms with E-state index in [2.05, 4.69) is 79.5 Å². The van der Waals surface area contributed by atoms with Crippen LogP contribution < -0.4 is 0 Å². The summed E-state index contributed by atoms with van der Waals surface area (Å²) < 4.78 is 1.53. The standard InChI is InChI=1S/C12H17ISi/c1-10-5-7-11(8-6-10)9-12(13)14(2,3)4/h5-9H,1-4H3/b12-9+. The number of benzene rings is 1. The van der Waals surface area contributed by atoms with Gasteiger partial charge in [0.1, 0.15) is 0 Å². The summed E-state index contributed by atoms with van der Waals surface area (Å²) in [7, 11) is -1.11. The average Bonchev–Trinajstić information content (AvgIpc) is 2.07. The van der Waals surface area contributed by atoms with E-state index >= 15 is 0 Å². The van der Waals surface area contributed by atoms with Crippen molar-refractivity contribution in [1.82, 2.24) is 0 Å². The van der Waals surface area contributed by atoms with Crippen LogP contribution in [0.5, 0.6) is 0 Å². The van der Waals surface area contributed by atoms with Crippen molar-refractivity contribution in [2.24, 2.45) is 0 Å². The zero-order valence-corrected chi connectivity index (χ0v) is 12.4. The first-order chi connectivity index (χ1) is 6.39. The molecule has 76 valence electrons. The highest BCUT2D eigenvalue weighted by atomic mass is 127. The summed E-state index contributed by atoms with van der Waals surface area (Å²) in [4.78, 5) is 0.